The van der Waals surface area contributed by atoms with Gasteiger partial charge < -0.3 is 0 Å². The smallest absolute Gasteiger partial charge is 0.194 e. The third kappa shape index (κ3) is 2.12. The molecule has 0 saturated heterocycles. The number of hydrogen-bond donors (Lipinski definition) is 0. The number of benzene rings is 3. The van der Waals surface area contributed by atoms with Crippen LogP contribution in [0, 0.1) is 13.8 Å². The number of carbonyl (C=O) groups is 1. The van der Waals surface area contributed by atoms with E-state index in [0.717, 1.165) is 45.4 Å². The average molecular weight is 298 g/mol. The van der Waals surface area contributed by atoms with Crippen LogP contribution >= 0.6 is 0 Å². The van der Waals surface area contributed by atoms with E-state index in [2.05, 4.69) is 44.2 Å². The monoisotopic (exact) mass is 298 g/mol. The molecule has 0 aliphatic heterocycles. The Morgan fingerprint density at radius 1 is 0.652 bits per heavy atom. The van der Waals surface area contributed by atoms with Crippen LogP contribution in [0.4, 0.5) is 0 Å². The summed E-state index contributed by atoms with van der Waals surface area (Å²) in [6, 6.07) is 20.5. The van der Waals surface area contributed by atoms with Gasteiger partial charge in [-0.05, 0) is 53.6 Å². The van der Waals surface area contributed by atoms with Gasteiger partial charge in [0.2, 0.25) is 0 Å². The zero-order valence-corrected chi connectivity index (χ0v) is 13.4. The molecule has 0 amide bonds. The summed E-state index contributed by atoms with van der Waals surface area (Å²) in [7, 11) is 0. The quantitative estimate of drug-likeness (QED) is 0.477. The molecule has 1 aliphatic carbocycles. The highest BCUT2D eigenvalue weighted by Gasteiger charge is 2.27. The Kier molecular flexibility index (Phi) is 3.16. The third-order valence-electron chi connectivity index (χ3n) is 4.78. The maximum atomic E-state index is 13.2. The van der Waals surface area contributed by atoms with E-state index in [9.17, 15) is 4.79 Å². The fourth-order valence-electron chi connectivity index (χ4n) is 3.59. The van der Waals surface area contributed by atoms with E-state index in [0.29, 0.717) is 0 Å². The first-order valence-electron chi connectivity index (χ1n) is 7.98. The molecule has 1 aliphatic rings. The number of fused-ring (bicyclic) bond motifs is 2. The van der Waals surface area contributed by atoms with Gasteiger partial charge in [0.25, 0.3) is 0 Å². The first-order valence-corrected chi connectivity index (χ1v) is 7.98. The summed E-state index contributed by atoms with van der Waals surface area (Å²) >= 11 is 0. The summed E-state index contributed by atoms with van der Waals surface area (Å²) in [6.45, 7) is 4.20. The topological polar surface area (TPSA) is 17.1 Å². The van der Waals surface area contributed by atoms with Crippen molar-refractivity contribution in [3.8, 4) is 11.1 Å². The van der Waals surface area contributed by atoms with E-state index < -0.39 is 0 Å². The zero-order chi connectivity index (χ0) is 16.0. The minimum absolute atomic E-state index is 0.156. The Morgan fingerprint density at radius 2 is 1.35 bits per heavy atom. The van der Waals surface area contributed by atoms with Gasteiger partial charge in [0.1, 0.15) is 0 Å². The lowest BCUT2D eigenvalue weighted by Gasteiger charge is -2.23. The number of carbonyl (C=O) groups excluding carboxylic acids is 1. The van der Waals surface area contributed by atoms with E-state index in [1.807, 2.05) is 30.3 Å². The lowest BCUT2D eigenvalue weighted by atomic mass is 9.79. The van der Waals surface area contributed by atoms with Crippen LogP contribution in [0.5, 0.6) is 0 Å². The molecule has 0 atom stereocenters. The predicted octanol–water partition coefficient (Wildman–Crippen LogP) is 5.11. The van der Waals surface area contributed by atoms with E-state index in [1.165, 1.54) is 5.56 Å². The van der Waals surface area contributed by atoms with Crippen molar-refractivity contribution < 1.29 is 4.79 Å². The number of rotatable bonds is 1. The zero-order valence-electron chi connectivity index (χ0n) is 13.4. The molecule has 0 unspecified atom stereocenters. The Bertz CT molecular complexity index is 934. The molecular formula is C22H18O. The second-order valence-corrected chi connectivity index (χ2v) is 6.27. The molecule has 0 heterocycles. The molecule has 3 aromatic rings. The summed E-state index contributed by atoms with van der Waals surface area (Å²) in [6.07, 6.45) is 0.830. The summed E-state index contributed by atoms with van der Waals surface area (Å²) in [4.78, 5) is 13.2. The van der Waals surface area contributed by atoms with E-state index in [-0.39, 0.29) is 5.78 Å². The van der Waals surface area contributed by atoms with Crippen LogP contribution in [-0.4, -0.2) is 5.78 Å². The van der Waals surface area contributed by atoms with Crippen LogP contribution in [-0.2, 0) is 6.42 Å². The Morgan fingerprint density at radius 3 is 2.13 bits per heavy atom. The SMILES string of the molecule is Cc1ccccc1-c1c(C)ccc2c1C(=O)c1ccccc1C2. The summed E-state index contributed by atoms with van der Waals surface area (Å²) in [5.74, 6) is 0.156. The first-order chi connectivity index (χ1) is 11.2. The molecular weight excluding hydrogens is 280 g/mol. The van der Waals surface area contributed by atoms with Crippen LogP contribution < -0.4 is 0 Å². The second-order valence-electron chi connectivity index (χ2n) is 6.27. The predicted molar refractivity (Wildman–Crippen MR) is 94.0 cm³/mol. The van der Waals surface area contributed by atoms with Crippen LogP contribution in [0.1, 0.15) is 38.2 Å². The summed E-state index contributed by atoms with van der Waals surface area (Å²) in [5, 5.41) is 0. The fourth-order valence-corrected chi connectivity index (χ4v) is 3.59. The van der Waals surface area contributed by atoms with E-state index in [1.54, 1.807) is 0 Å². The van der Waals surface area contributed by atoms with Gasteiger partial charge in [0.15, 0.2) is 5.78 Å². The van der Waals surface area contributed by atoms with Gasteiger partial charge in [-0.3, -0.25) is 4.79 Å². The van der Waals surface area contributed by atoms with Gasteiger partial charge in [-0.2, -0.15) is 0 Å². The van der Waals surface area contributed by atoms with Crippen molar-refractivity contribution in [1.29, 1.82) is 0 Å². The molecule has 112 valence electrons. The van der Waals surface area contributed by atoms with Gasteiger partial charge >= 0.3 is 0 Å². The maximum absolute atomic E-state index is 13.2. The molecule has 0 fully saturated rings. The van der Waals surface area contributed by atoms with Crippen molar-refractivity contribution in [2.75, 3.05) is 0 Å². The highest BCUT2D eigenvalue weighted by atomic mass is 16.1. The van der Waals surface area contributed by atoms with E-state index in [4.69, 9.17) is 0 Å². The molecule has 1 heteroatoms. The normalized spacial score (nSPS) is 12.7. The highest BCUT2D eigenvalue weighted by molar-refractivity contribution is 6.16. The van der Waals surface area contributed by atoms with Crippen molar-refractivity contribution in [2.45, 2.75) is 20.3 Å². The van der Waals surface area contributed by atoms with Crippen LogP contribution in [0.15, 0.2) is 60.7 Å². The molecule has 0 spiro atoms. The lowest BCUT2D eigenvalue weighted by Crippen LogP contribution is -2.17. The standard InChI is InChI=1S/C22H18O/c1-14-7-3-5-9-18(14)20-15(2)11-12-17-13-16-8-4-6-10-19(16)22(23)21(17)20/h3-12H,13H2,1-2H3. The third-order valence-corrected chi connectivity index (χ3v) is 4.78. The molecule has 0 N–H and O–H groups in total. The molecule has 3 aromatic carbocycles. The lowest BCUT2D eigenvalue weighted by molar-refractivity contribution is 0.103. The second kappa shape index (κ2) is 5.20. The van der Waals surface area contributed by atoms with E-state index >= 15 is 0 Å². The molecule has 0 aromatic heterocycles. The Balaban J connectivity index is 2.02. The maximum Gasteiger partial charge on any atom is 0.194 e. The van der Waals surface area contributed by atoms with Crippen molar-refractivity contribution in [3.63, 3.8) is 0 Å². The van der Waals surface area contributed by atoms with Crippen molar-refractivity contribution in [2.24, 2.45) is 0 Å². The van der Waals surface area contributed by atoms with Crippen molar-refractivity contribution in [1.82, 2.24) is 0 Å². The van der Waals surface area contributed by atoms with Gasteiger partial charge in [-0.25, -0.2) is 0 Å². The van der Waals surface area contributed by atoms with Gasteiger partial charge in [-0.1, -0.05) is 60.7 Å². The van der Waals surface area contributed by atoms with Crippen LogP contribution in [0.25, 0.3) is 11.1 Å². The Hall–Kier alpha value is -2.67. The molecule has 1 nitrogen and oxygen atoms in total. The molecule has 23 heavy (non-hydrogen) atoms. The van der Waals surface area contributed by atoms with Crippen LogP contribution in [0.3, 0.4) is 0 Å². The number of hydrogen-bond acceptors (Lipinski definition) is 1. The highest BCUT2D eigenvalue weighted by Crippen LogP contribution is 2.37. The Labute approximate surface area is 136 Å². The molecule has 0 bridgehead atoms. The molecule has 0 radical (unpaired) electrons. The minimum Gasteiger partial charge on any atom is -0.289 e. The van der Waals surface area contributed by atoms with Gasteiger partial charge in [-0.15, -0.1) is 0 Å². The fraction of sp³-hybridized carbons (Fsp3) is 0.136. The summed E-state index contributed by atoms with van der Waals surface area (Å²) < 4.78 is 0. The average Bonchev–Trinajstić information content (AvgIpc) is 2.57. The van der Waals surface area contributed by atoms with Gasteiger partial charge in [0, 0.05) is 11.1 Å². The van der Waals surface area contributed by atoms with Gasteiger partial charge in [0.05, 0.1) is 0 Å². The summed E-state index contributed by atoms with van der Waals surface area (Å²) in [5.41, 5.74) is 8.62. The minimum atomic E-state index is 0.156. The van der Waals surface area contributed by atoms with Crippen molar-refractivity contribution >= 4 is 5.78 Å². The number of aryl methyl sites for hydroxylation is 2. The first kappa shape index (κ1) is 14.0. The number of ketones is 1. The largest absolute Gasteiger partial charge is 0.289 e. The molecule has 0 saturated carbocycles. The van der Waals surface area contributed by atoms with Crippen molar-refractivity contribution in [3.05, 3.63) is 94.0 Å². The van der Waals surface area contributed by atoms with Crippen LogP contribution in [0.2, 0.25) is 0 Å². The molecule has 4 rings (SSSR count).